The van der Waals surface area contributed by atoms with Crippen molar-refractivity contribution >= 4 is 16.9 Å². The maximum atomic E-state index is 15.3. The molecule has 2 bridgehead atoms. The number of halogens is 3. The molecule has 7 rings (SSSR count). The first-order valence-corrected chi connectivity index (χ1v) is 12.7. The van der Waals surface area contributed by atoms with Gasteiger partial charge in [0, 0.05) is 53.6 Å². The van der Waals surface area contributed by atoms with Crippen molar-refractivity contribution in [2.24, 2.45) is 5.41 Å². The Hall–Kier alpha value is -4.50. The molecule has 202 valence electrons. The first-order valence-electron chi connectivity index (χ1n) is 12.7. The molecule has 4 aromatic rings. The molecule has 3 aliphatic rings. The van der Waals surface area contributed by atoms with Crippen LogP contribution in [0.3, 0.4) is 0 Å². The first-order chi connectivity index (χ1) is 19.1. The predicted molar refractivity (Wildman–Crippen MR) is 134 cm³/mol. The first kappa shape index (κ1) is 24.5. The van der Waals surface area contributed by atoms with Crippen LogP contribution in [0.15, 0.2) is 42.7 Å². The van der Waals surface area contributed by atoms with Gasteiger partial charge in [-0.3, -0.25) is 4.79 Å². The number of amides is 1. The average Bonchev–Trinajstić information content (AvgIpc) is 3.38. The third-order valence-electron chi connectivity index (χ3n) is 8.07. The molecule has 2 aliphatic heterocycles. The number of nitrogens with zero attached hydrogens (tertiary/aromatic N) is 5. The van der Waals surface area contributed by atoms with Crippen LogP contribution in [0, 0.1) is 22.6 Å². The normalized spacial score (nSPS) is 26.5. The van der Waals surface area contributed by atoms with Crippen LogP contribution in [-0.2, 0) is 5.60 Å². The number of hydrogen-bond acceptors (Lipinski definition) is 7. The van der Waals surface area contributed by atoms with E-state index in [1.165, 1.54) is 30.6 Å². The highest BCUT2D eigenvalue weighted by atomic mass is 19.3. The Labute approximate surface area is 225 Å². The number of nitriles is 1. The molecule has 0 saturated heterocycles. The molecule has 1 saturated carbocycles. The molecule has 0 spiro atoms. The monoisotopic (exact) mass is 546 g/mol. The third kappa shape index (κ3) is 3.50. The molecule has 40 heavy (non-hydrogen) atoms. The number of alkyl halides is 2. The Morgan fingerprint density at radius 3 is 2.67 bits per heavy atom. The minimum atomic E-state index is -3.08. The largest absolute Gasteiger partial charge is 0.434 e. The van der Waals surface area contributed by atoms with Crippen molar-refractivity contribution in [1.82, 2.24) is 24.8 Å². The predicted octanol–water partition coefficient (Wildman–Crippen LogP) is 4.52. The summed E-state index contributed by atoms with van der Waals surface area (Å²) in [6.45, 7) is -1.32. The second-order valence-corrected chi connectivity index (χ2v) is 10.9. The van der Waals surface area contributed by atoms with Crippen molar-refractivity contribution in [3.63, 3.8) is 0 Å². The zero-order valence-corrected chi connectivity index (χ0v) is 21.0. The highest BCUT2D eigenvalue weighted by Crippen LogP contribution is 2.52. The molecule has 0 radical (unpaired) electrons. The van der Waals surface area contributed by atoms with E-state index in [-0.39, 0.29) is 35.5 Å². The summed E-state index contributed by atoms with van der Waals surface area (Å²) in [4.78, 5) is 26.1. The number of rotatable bonds is 4. The second-order valence-electron chi connectivity index (χ2n) is 10.9. The summed E-state index contributed by atoms with van der Waals surface area (Å²) in [5.41, 5.74) is 0.00811. The van der Waals surface area contributed by atoms with E-state index in [1.54, 1.807) is 19.1 Å². The van der Waals surface area contributed by atoms with Gasteiger partial charge in [-0.25, -0.2) is 19.3 Å². The molecule has 1 unspecified atom stereocenters. The zero-order chi connectivity index (χ0) is 28.0. The SMILES string of the molecule is C[C@]1(C#N)C[C@](O)(c2ncc(-c3cc4c(cc3F)nc3n4[C@H]4CC3NC(=O)c3cccc(OC(F)F)c34)cn2)C1. The number of aliphatic hydroxyl groups is 1. The molecule has 2 atom stereocenters. The minimum absolute atomic E-state index is 0.101. The summed E-state index contributed by atoms with van der Waals surface area (Å²) in [7, 11) is 0. The van der Waals surface area contributed by atoms with Gasteiger partial charge in [0.2, 0.25) is 0 Å². The van der Waals surface area contributed by atoms with Gasteiger partial charge in [-0.05, 0) is 31.5 Å². The number of aromatic nitrogens is 4. The van der Waals surface area contributed by atoms with Crippen LogP contribution in [0.25, 0.3) is 22.2 Å². The molecular weight excluding hydrogens is 525 g/mol. The Morgan fingerprint density at radius 2 is 1.98 bits per heavy atom. The highest BCUT2D eigenvalue weighted by Gasteiger charge is 2.54. The van der Waals surface area contributed by atoms with Gasteiger partial charge in [-0.1, -0.05) is 6.07 Å². The Kier molecular flexibility index (Phi) is 5.06. The molecule has 12 heteroatoms. The Morgan fingerprint density at radius 1 is 1.23 bits per heavy atom. The minimum Gasteiger partial charge on any atom is -0.434 e. The zero-order valence-electron chi connectivity index (χ0n) is 21.0. The molecule has 1 fully saturated rings. The van der Waals surface area contributed by atoms with Crippen molar-refractivity contribution in [3.8, 4) is 22.9 Å². The van der Waals surface area contributed by atoms with Crippen molar-refractivity contribution in [1.29, 1.82) is 5.26 Å². The molecular formula is C28H21F3N6O3. The fraction of sp³-hybridized carbons (Fsp3) is 0.321. The van der Waals surface area contributed by atoms with Crippen LogP contribution in [0.5, 0.6) is 5.75 Å². The van der Waals surface area contributed by atoms with Crippen LogP contribution in [-0.4, -0.2) is 37.1 Å². The van der Waals surface area contributed by atoms with E-state index >= 15 is 4.39 Å². The summed E-state index contributed by atoms with van der Waals surface area (Å²) in [5.74, 6) is -0.445. The van der Waals surface area contributed by atoms with Gasteiger partial charge in [0.1, 0.15) is 23.0 Å². The number of fused-ring (bicyclic) bond motifs is 9. The smallest absolute Gasteiger partial charge is 0.387 e. The van der Waals surface area contributed by atoms with E-state index in [1.807, 2.05) is 4.57 Å². The van der Waals surface area contributed by atoms with Crippen LogP contribution in [0.1, 0.15) is 65.8 Å². The van der Waals surface area contributed by atoms with Gasteiger partial charge in [0.05, 0.1) is 34.6 Å². The van der Waals surface area contributed by atoms with E-state index in [0.29, 0.717) is 34.4 Å². The molecule has 2 aromatic carbocycles. The fourth-order valence-electron chi connectivity index (χ4n) is 6.44. The van der Waals surface area contributed by atoms with E-state index in [2.05, 4.69) is 26.3 Å². The number of imidazole rings is 1. The van der Waals surface area contributed by atoms with Crippen molar-refractivity contribution in [3.05, 3.63) is 71.3 Å². The number of hydrogen-bond donors (Lipinski definition) is 2. The summed E-state index contributed by atoms with van der Waals surface area (Å²) in [6, 6.07) is 8.43. The number of carbonyl (C=O) groups excluding carboxylic acids is 1. The van der Waals surface area contributed by atoms with E-state index in [4.69, 9.17) is 4.74 Å². The Bertz CT molecular complexity index is 1760. The van der Waals surface area contributed by atoms with Crippen LogP contribution < -0.4 is 10.1 Å². The summed E-state index contributed by atoms with van der Waals surface area (Å²) in [5, 5.41) is 23.0. The van der Waals surface area contributed by atoms with Crippen LogP contribution in [0.2, 0.25) is 0 Å². The topological polar surface area (TPSA) is 126 Å². The maximum absolute atomic E-state index is 15.3. The fourth-order valence-corrected chi connectivity index (χ4v) is 6.44. The second kappa shape index (κ2) is 8.25. The van der Waals surface area contributed by atoms with Gasteiger partial charge in [-0.2, -0.15) is 14.0 Å². The van der Waals surface area contributed by atoms with Crippen LogP contribution >= 0.6 is 0 Å². The quantitative estimate of drug-likeness (QED) is 0.385. The summed E-state index contributed by atoms with van der Waals surface area (Å²) >= 11 is 0. The number of benzene rings is 2. The van der Waals surface area contributed by atoms with E-state index < -0.39 is 41.4 Å². The van der Waals surface area contributed by atoms with Gasteiger partial charge in [0.25, 0.3) is 5.91 Å². The lowest BCUT2D eigenvalue weighted by Crippen LogP contribution is -2.48. The molecule has 2 aromatic heterocycles. The molecule has 4 heterocycles. The number of nitrogens with one attached hydrogen (secondary N) is 1. The maximum Gasteiger partial charge on any atom is 0.387 e. The van der Waals surface area contributed by atoms with Crippen molar-refractivity contribution in [2.45, 2.75) is 50.5 Å². The lowest BCUT2D eigenvalue weighted by molar-refractivity contribution is -0.109. The lowest BCUT2D eigenvalue weighted by Gasteiger charge is -2.46. The third-order valence-corrected chi connectivity index (χ3v) is 8.07. The molecule has 9 nitrogen and oxygen atoms in total. The highest BCUT2D eigenvalue weighted by molar-refractivity contribution is 5.98. The summed E-state index contributed by atoms with van der Waals surface area (Å²) in [6.07, 6.45) is 3.61. The van der Waals surface area contributed by atoms with E-state index in [0.717, 1.165) is 0 Å². The van der Waals surface area contributed by atoms with E-state index in [9.17, 15) is 23.9 Å². The lowest BCUT2D eigenvalue weighted by atomic mass is 9.60. The standard InChI is InChI=1S/C28H21F3N6O3/c1-27(12-32)10-28(39,11-27)25-33-8-13(9-34-25)15-5-19-17(6-16(15)29)35-23-18-7-20(37(19)23)22-14(24(38)36-18)3-2-4-21(22)40-26(30)31/h2-6,8-9,18,20,26,39H,7,10-11H2,1H3,(H,36,38)/t18?,20-,27-,28+/m0/s1. The van der Waals surface area contributed by atoms with Crippen LogP contribution in [0.4, 0.5) is 13.2 Å². The van der Waals surface area contributed by atoms with Gasteiger partial charge in [0.15, 0.2) is 5.82 Å². The molecule has 1 aliphatic carbocycles. The van der Waals surface area contributed by atoms with Gasteiger partial charge < -0.3 is 19.7 Å². The van der Waals surface area contributed by atoms with Crippen molar-refractivity contribution in [2.75, 3.05) is 0 Å². The van der Waals surface area contributed by atoms with Crippen molar-refractivity contribution < 1.29 is 27.8 Å². The van der Waals surface area contributed by atoms with Gasteiger partial charge >= 0.3 is 6.61 Å². The number of carbonyl (C=O) groups is 1. The summed E-state index contributed by atoms with van der Waals surface area (Å²) < 4.78 is 48.5. The molecule has 1 amide bonds. The molecule has 2 N–H and O–H groups in total. The Balaban J connectivity index is 1.32. The number of ether oxygens (including phenoxy) is 1. The average molecular weight is 547 g/mol. The van der Waals surface area contributed by atoms with Gasteiger partial charge in [-0.15, -0.1) is 0 Å².